The Bertz CT molecular complexity index is 122. The fourth-order valence-corrected chi connectivity index (χ4v) is 0.245. The minimum Gasteiger partial charge on any atom is -0.545 e. The molecule has 2 heteroatoms. The summed E-state index contributed by atoms with van der Waals surface area (Å²) in [5, 5.41) is 9.64. The first-order chi connectivity index (χ1) is 3.77. The lowest BCUT2D eigenvalue weighted by atomic mass is 10.4. The number of hydrogen-bond acceptors (Lipinski definition) is 2. The van der Waals surface area contributed by atoms with Crippen molar-refractivity contribution in [3.63, 3.8) is 0 Å². The van der Waals surface area contributed by atoms with Crippen LogP contribution < -0.4 is 5.11 Å². The van der Waals surface area contributed by atoms with Gasteiger partial charge in [0.1, 0.15) is 0 Å². The molecule has 0 atom stereocenters. The average molecular weight is 111 g/mol. The van der Waals surface area contributed by atoms with E-state index in [2.05, 4.69) is 0 Å². The lowest BCUT2D eigenvalue weighted by Gasteiger charge is -1.84. The Kier molecular flexibility index (Phi) is 3.58. The molecular weight excluding hydrogens is 104 g/mol. The topological polar surface area (TPSA) is 40.1 Å². The molecule has 0 rings (SSSR count). The van der Waals surface area contributed by atoms with Crippen LogP contribution in [0.25, 0.3) is 0 Å². The highest BCUT2D eigenvalue weighted by Crippen LogP contribution is 1.72. The van der Waals surface area contributed by atoms with Crippen molar-refractivity contribution in [3.05, 3.63) is 24.3 Å². The lowest BCUT2D eigenvalue weighted by molar-refractivity contribution is -0.297. The first kappa shape index (κ1) is 6.95. The number of aliphatic carboxylic acids is 1. The van der Waals surface area contributed by atoms with Gasteiger partial charge in [0.25, 0.3) is 0 Å². The van der Waals surface area contributed by atoms with Crippen LogP contribution in [0.15, 0.2) is 24.3 Å². The molecule has 0 aromatic heterocycles. The maximum Gasteiger partial charge on any atom is 0.0642 e. The van der Waals surface area contributed by atoms with Gasteiger partial charge in [-0.05, 0) is 13.0 Å². The summed E-state index contributed by atoms with van der Waals surface area (Å²) in [6, 6.07) is 0. The fourth-order valence-electron chi connectivity index (χ4n) is 0.245. The maximum absolute atomic E-state index is 9.64. The van der Waals surface area contributed by atoms with E-state index in [1.54, 1.807) is 19.1 Å². The van der Waals surface area contributed by atoms with E-state index in [0.29, 0.717) is 0 Å². The summed E-state index contributed by atoms with van der Waals surface area (Å²) in [6.45, 7) is 1.81. The van der Waals surface area contributed by atoms with Crippen LogP contribution >= 0.6 is 0 Å². The van der Waals surface area contributed by atoms with E-state index in [0.717, 1.165) is 6.08 Å². The summed E-state index contributed by atoms with van der Waals surface area (Å²) in [4.78, 5) is 9.64. The van der Waals surface area contributed by atoms with Crippen molar-refractivity contribution in [1.29, 1.82) is 0 Å². The Hall–Kier alpha value is -1.05. The van der Waals surface area contributed by atoms with Crippen LogP contribution in [0.4, 0.5) is 0 Å². The van der Waals surface area contributed by atoms with E-state index < -0.39 is 5.97 Å². The molecule has 2 nitrogen and oxygen atoms in total. The molecule has 0 aliphatic heterocycles. The van der Waals surface area contributed by atoms with Gasteiger partial charge in [-0.2, -0.15) is 0 Å². The summed E-state index contributed by atoms with van der Waals surface area (Å²) in [7, 11) is 0. The number of rotatable bonds is 2. The molecule has 0 aromatic carbocycles. The highest BCUT2D eigenvalue weighted by molar-refractivity contribution is 5.77. The maximum atomic E-state index is 9.64. The van der Waals surface area contributed by atoms with Crippen molar-refractivity contribution < 1.29 is 9.90 Å². The van der Waals surface area contributed by atoms with E-state index in [1.165, 1.54) is 6.08 Å². The van der Waals surface area contributed by atoms with E-state index in [1.807, 2.05) is 0 Å². The third kappa shape index (κ3) is 4.95. The fraction of sp³-hybridized carbons (Fsp3) is 0.167. The SMILES string of the molecule is CC=CC=CC(=O)[O-]. The summed E-state index contributed by atoms with van der Waals surface area (Å²) in [5.74, 6) is -1.16. The third-order valence-electron chi connectivity index (χ3n) is 0.536. The van der Waals surface area contributed by atoms with E-state index in [-0.39, 0.29) is 0 Å². The predicted molar refractivity (Wildman–Crippen MR) is 29.0 cm³/mol. The number of carbonyl (C=O) groups excluding carboxylic acids is 1. The van der Waals surface area contributed by atoms with Crippen molar-refractivity contribution in [2.24, 2.45) is 0 Å². The summed E-state index contributed by atoms with van der Waals surface area (Å²) < 4.78 is 0. The molecule has 0 bridgehead atoms. The van der Waals surface area contributed by atoms with Gasteiger partial charge in [0.05, 0.1) is 5.97 Å². The van der Waals surface area contributed by atoms with Gasteiger partial charge in [-0.15, -0.1) is 0 Å². The highest BCUT2D eigenvalue weighted by atomic mass is 16.4. The number of hydrogen-bond donors (Lipinski definition) is 0. The van der Waals surface area contributed by atoms with Crippen LogP contribution in [0.2, 0.25) is 0 Å². The average Bonchev–Trinajstić information content (AvgIpc) is 1.66. The molecular formula is C6H7O2-. The van der Waals surface area contributed by atoms with Gasteiger partial charge in [0.2, 0.25) is 0 Å². The van der Waals surface area contributed by atoms with E-state index in [9.17, 15) is 9.90 Å². The molecule has 0 saturated carbocycles. The van der Waals surface area contributed by atoms with Crippen LogP contribution in [0.3, 0.4) is 0 Å². The molecule has 0 aliphatic carbocycles. The zero-order valence-corrected chi connectivity index (χ0v) is 4.63. The molecule has 0 amide bonds. The highest BCUT2D eigenvalue weighted by Gasteiger charge is 1.64. The van der Waals surface area contributed by atoms with Crippen LogP contribution in [-0.2, 0) is 4.79 Å². The summed E-state index contributed by atoms with van der Waals surface area (Å²) >= 11 is 0. The van der Waals surface area contributed by atoms with Gasteiger partial charge in [0, 0.05) is 0 Å². The molecule has 0 spiro atoms. The molecule has 0 aliphatic rings. The van der Waals surface area contributed by atoms with Crippen LogP contribution in [0.1, 0.15) is 6.92 Å². The van der Waals surface area contributed by atoms with Gasteiger partial charge >= 0.3 is 0 Å². The minimum absolute atomic E-state index is 0.972. The Labute approximate surface area is 48.1 Å². The number of carbonyl (C=O) groups is 1. The Morgan fingerprint density at radius 3 is 2.50 bits per heavy atom. The molecule has 0 unspecified atom stereocenters. The van der Waals surface area contributed by atoms with Crippen LogP contribution in [-0.4, -0.2) is 5.97 Å². The van der Waals surface area contributed by atoms with Crippen molar-refractivity contribution in [1.82, 2.24) is 0 Å². The molecule has 0 radical (unpaired) electrons. The van der Waals surface area contributed by atoms with Crippen LogP contribution in [0, 0.1) is 0 Å². The first-order valence-electron chi connectivity index (χ1n) is 2.27. The van der Waals surface area contributed by atoms with Gasteiger partial charge in [0.15, 0.2) is 0 Å². The van der Waals surface area contributed by atoms with E-state index in [4.69, 9.17) is 0 Å². The molecule has 0 aromatic rings. The third-order valence-corrected chi connectivity index (χ3v) is 0.536. The Morgan fingerprint density at radius 2 is 2.12 bits per heavy atom. The second-order valence-electron chi connectivity index (χ2n) is 1.20. The molecule has 44 valence electrons. The number of carboxylic acid groups (broad SMARTS) is 1. The van der Waals surface area contributed by atoms with Crippen molar-refractivity contribution in [3.8, 4) is 0 Å². The quantitative estimate of drug-likeness (QED) is 0.368. The standard InChI is InChI=1S/C6H8O2/c1-2-3-4-5-6(7)8/h2-5H,1H3,(H,7,8)/p-1. The zero-order valence-electron chi connectivity index (χ0n) is 4.63. The zero-order chi connectivity index (χ0) is 6.41. The Balaban J connectivity index is 3.50. The molecule has 0 N–H and O–H groups in total. The first-order valence-corrected chi connectivity index (χ1v) is 2.27. The van der Waals surface area contributed by atoms with Crippen molar-refractivity contribution in [2.45, 2.75) is 6.92 Å². The second-order valence-corrected chi connectivity index (χ2v) is 1.20. The van der Waals surface area contributed by atoms with Crippen LogP contribution in [0.5, 0.6) is 0 Å². The largest absolute Gasteiger partial charge is 0.545 e. The molecule has 0 saturated heterocycles. The minimum atomic E-state index is -1.16. The van der Waals surface area contributed by atoms with Gasteiger partial charge in [-0.1, -0.05) is 18.2 Å². The van der Waals surface area contributed by atoms with Gasteiger partial charge in [-0.25, -0.2) is 0 Å². The second kappa shape index (κ2) is 4.12. The van der Waals surface area contributed by atoms with Gasteiger partial charge in [-0.3, -0.25) is 0 Å². The monoisotopic (exact) mass is 111 g/mol. The van der Waals surface area contributed by atoms with Crippen molar-refractivity contribution in [2.75, 3.05) is 0 Å². The predicted octanol–water partition coefficient (Wildman–Crippen LogP) is -0.131. The van der Waals surface area contributed by atoms with E-state index >= 15 is 0 Å². The summed E-state index contributed by atoms with van der Waals surface area (Å²) in [6.07, 6.45) is 5.74. The Morgan fingerprint density at radius 1 is 1.50 bits per heavy atom. The lowest BCUT2D eigenvalue weighted by Crippen LogP contribution is -2.18. The van der Waals surface area contributed by atoms with Crippen molar-refractivity contribution >= 4 is 5.97 Å². The summed E-state index contributed by atoms with van der Waals surface area (Å²) in [5.41, 5.74) is 0. The van der Waals surface area contributed by atoms with Gasteiger partial charge < -0.3 is 9.90 Å². The smallest absolute Gasteiger partial charge is 0.0642 e. The molecule has 8 heavy (non-hydrogen) atoms. The number of allylic oxidation sites excluding steroid dienone is 3. The number of carboxylic acids is 1. The molecule has 0 heterocycles. The normalized spacial score (nSPS) is 11.1. The molecule has 0 fully saturated rings.